The van der Waals surface area contributed by atoms with Gasteiger partial charge in [0.2, 0.25) is 5.91 Å². The molecule has 29 heavy (non-hydrogen) atoms. The highest BCUT2D eigenvalue weighted by Crippen LogP contribution is 2.32. The van der Waals surface area contributed by atoms with E-state index in [1.165, 1.54) is 23.1 Å². The van der Waals surface area contributed by atoms with Crippen molar-refractivity contribution >= 4 is 33.4 Å². The van der Waals surface area contributed by atoms with Crippen molar-refractivity contribution in [3.63, 3.8) is 0 Å². The largest absolute Gasteiger partial charge is 0.417 e. The summed E-state index contributed by atoms with van der Waals surface area (Å²) in [5.41, 5.74) is -0.615. The van der Waals surface area contributed by atoms with Crippen LogP contribution in [0.5, 0.6) is 0 Å². The fourth-order valence-corrected chi connectivity index (χ4v) is 3.54. The third kappa shape index (κ3) is 5.36. The van der Waals surface area contributed by atoms with Crippen LogP contribution in [0.2, 0.25) is 0 Å². The maximum absolute atomic E-state index is 13.2. The van der Waals surface area contributed by atoms with Crippen LogP contribution in [0.15, 0.2) is 53.0 Å². The Morgan fingerprint density at radius 3 is 2.24 bits per heavy atom. The molecule has 154 valence electrons. The zero-order valence-corrected chi connectivity index (χ0v) is 17.0. The SMILES string of the molecule is O=C(CN1CCN(C(=O)c2ccccc2C(F)(F)F)CC1)Nc1ccccc1Br. The first-order chi connectivity index (χ1) is 13.8. The number of halogens is 4. The molecule has 1 heterocycles. The quantitative estimate of drug-likeness (QED) is 0.739. The molecule has 0 unspecified atom stereocenters. The third-order valence-electron chi connectivity index (χ3n) is 4.64. The summed E-state index contributed by atoms with van der Waals surface area (Å²) in [7, 11) is 0. The summed E-state index contributed by atoms with van der Waals surface area (Å²) in [5.74, 6) is -0.839. The summed E-state index contributed by atoms with van der Waals surface area (Å²) in [6, 6.07) is 12.0. The number of carbonyl (C=O) groups excluding carboxylic acids is 2. The Hall–Kier alpha value is -2.39. The number of piperazine rings is 1. The van der Waals surface area contributed by atoms with Crippen molar-refractivity contribution in [1.29, 1.82) is 0 Å². The molecule has 0 aromatic heterocycles. The molecule has 1 N–H and O–H groups in total. The molecule has 0 bridgehead atoms. The summed E-state index contributed by atoms with van der Waals surface area (Å²) in [6.45, 7) is 1.47. The van der Waals surface area contributed by atoms with E-state index in [2.05, 4.69) is 21.2 Å². The molecule has 0 atom stereocenters. The lowest BCUT2D eigenvalue weighted by molar-refractivity contribution is -0.138. The number of para-hydroxylation sites is 1. The summed E-state index contributed by atoms with van der Waals surface area (Å²) in [6.07, 6.45) is -4.59. The minimum Gasteiger partial charge on any atom is -0.336 e. The van der Waals surface area contributed by atoms with Gasteiger partial charge in [0.1, 0.15) is 0 Å². The number of hydrogen-bond acceptors (Lipinski definition) is 3. The van der Waals surface area contributed by atoms with Crippen LogP contribution in [0.1, 0.15) is 15.9 Å². The van der Waals surface area contributed by atoms with Gasteiger partial charge < -0.3 is 10.2 Å². The molecule has 2 amide bonds. The number of amides is 2. The fourth-order valence-electron chi connectivity index (χ4n) is 3.15. The Balaban J connectivity index is 1.56. The standard InChI is InChI=1S/C20H19BrF3N3O2/c21-16-7-3-4-8-17(16)25-18(28)13-26-9-11-27(12-10-26)19(29)14-5-1-2-6-15(14)20(22,23)24/h1-8H,9-13H2,(H,25,28). The minimum atomic E-state index is -4.59. The van der Waals surface area contributed by atoms with Crippen LogP contribution < -0.4 is 5.32 Å². The van der Waals surface area contributed by atoms with Crippen LogP contribution in [0.3, 0.4) is 0 Å². The van der Waals surface area contributed by atoms with Gasteiger partial charge in [-0.1, -0.05) is 24.3 Å². The van der Waals surface area contributed by atoms with Gasteiger partial charge in [-0.3, -0.25) is 14.5 Å². The molecule has 0 saturated carbocycles. The molecular formula is C20H19BrF3N3O2. The van der Waals surface area contributed by atoms with Gasteiger partial charge in [0, 0.05) is 30.7 Å². The third-order valence-corrected chi connectivity index (χ3v) is 5.33. The van der Waals surface area contributed by atoms with E-state index in [0.29, 0.717) is 18.8 Å². The molecule has 1 saturated heterocycles. The van der Waals surface area contributed by atoms with Gasteiger partial charge in [-0.2, -0.15) is 13.2 Å². The zero-order chi connectivity index (χ0) is 21.0. The smallest absolute Gasteiger partial charge is 0.336 e. The number of rotatable bonds is 4. The van der Waals surface area contributed by atoms with Crippen molar-refractivity contribution in [2.24, 2.45) is 0 Å². The second-order valence-corrected chi connectivity index (χ2v) is 7.49. The highest BCUT2D eigenvalue weighted by molar-refractivity contribution is 9.10. The van der Waals surface area contributed by atoms with E-state index in [0.717, 1.165) is 10.5 Å². The molecule has 5 nitrogen and oxygen atoms in total. The Morgan fingerprint density at radius 1 is 0.966 bits per heavy atom. The number of nitrogens with zero attached hydrogens (tertiary/aromatic N) is 2. The Kier molecular flexibility index (Phi) is 6.59. The second kappa shape index (κ2) is 8.96. The van der Waals surface area contributed by atoms with Gasteiger partial charge in [0.25, 0.3) is 5.91 Å². The highest BCUT2D eigenvalue weighted by Gasteiger charge is 2.36. The van der Waals surface area contributed by atoms with E-state index >= 15 is 0 Å². The van der Waals surface area contributed by atoms with Crippen LogP contribution in [0.4, 0.5) is 18.9 Å². The molecule has 0 aliphatic carbocycles. The summed E-state index contributed by atoms with van der Waals surface area (Å²) in [5, 5.41) is 2.81. The van der Waals surface area contributed by atoms with E-state index in [1.54, 1.807) is 6.07 Å². The van der Waals surface area contributed by atoms with Crippen molar-refractivity contribution in [3.8, 4) is 0 Å². The molecule has 3 rings (SSSR count). The first-order valence-corrected chi connectivity index (χ1v) is 9.77. The van der Waals surface area contributed by atoms with Crippen LogP contribution in [-0.4, -0.2) is 54.3 Å². The fraction of sp³-hybridized carbons (Fsp3) is 0.300. The van der Waals surface area contributed by atoms with Gasteiger partial charge in [0.05, 0.1) is 23.4 Å². The van der Waals surface area contributed by atoms with Gasteiger partial charge in [-0.15, -0.1) is 0 Å². The van der Waals surface area contributed by atoms with E-state index < -0.39 is 17.6 Å². The number of nitrogens with one attached hydrogen (secondary N) is 1. The Labute approximate surface area is 174 Å². The first-order valence-electron chi connectivity index (χ1n) is 8.98. The van der Waals surface area contributed by atoms with Crippen LogP contribution in [0.25, 0.3) is 0 Å². The van der Waals surface area contributed by atoms with Crippen molar-refractivity contribution in [2.45, 2.75) is 6.18 Å². The van der Waals surface area contributed by atoms with Crippen molar-refractivity contribution in [1.82, 2.24) is 9.80 Å². The molecule has 2 aromatic rings. The number of carbonyl (C=O) groups is 2. The zero-order valence-electron chi connectivity index (χ0n) is 15.4. The molecule has 0 spiro atoms. The van der Waals surface area contributed by atoms with Gasteiger partial charge in [-0.25, -0.2) is 0 Å². The van der Waals surface area contributed by atoms with Crippen LogP contribution in [-0.2, 0) is 11.0 Å². The first kappa shape index (κ1) is 21.3. The lowest BCUT2D eigenvalue weighted by atomic mass is 10.1. The summed E-state index contributed by atoms with van der Waals surface area (Å²) in [4.78, 5) is 28.1. The number of hydrogen-bond donors (Lipinski definition) is 1. The molecule has 1 fully saturated rings. The lowest BCUT2D eigenvalue weighted by Gasteiger charge is -2.34. The normalized spacial score (nSPS) is 15.2. The van der Waals surface area contributed by atoms with Crippen molar-refractivity contribution in [2.75, 3.05) is 38.0 Å². The number of benzene rings is 2. The number of alkyl halides is 3. The predicted molar refractivity (Wildman–Crippen MR) is 107 cm³/mol. The van der Waals surface area contributed by atoms with E-state index in [9.17, 15) is 22.8 Å². The topological polar surface area (TPSA) is 52.7 Å². The van der Waals surface area contributed by atoms with Gasteiger partial charge in [-0.05, 0) is 40.2 Å². The predicted octanol–water partition coefficient (Wildman–Crippen LogP) is 3.86. The van der Waals surface area contributed by atoms with Crippen LogP contribution >= 0.6 is 15.9 Å². The minimum absolute atomic E-state index is 0.141. The van der Waals surface area contributed by atoms with Crippen molar-refractivity contribution < 1.29 is 22.8 Å². The molecule has 1 aliphatic heterocycles. The summed E-state index contributed by atoms with van der Waals surface area (Å²) >= 11 is 3.36. The van der Waals surface area contributed by atoms with E-state index in [-0.39, 0.29) is 31.1 Å². The average Bonchev–Trinajstić information content (AvgIpc) is 2.69. The molecule has 0 radical (unpaired) electrons. The van der Waals surface area contributed by atoms with E-state index in [1.807, 2.05) is 23.1 Å². The molecular weight excluding hydrogens is 451 g/mol. The average molecular weight is 470 g/mol. The highest BCUT2D eigenvalue weighted by atomic mass is 79.9. The molecule has 1 aliphatic rings. The molecule has 9 heteroatoms. The number of anilines is 1. The Morgan fingerprint density at radius 2 is 1.59 bits per heavy atom. The second-order valence-electron chi connectivity index (χ2n) is 6.64. The maximum Gasteiger partial charge on any atom is 0.417 e. The monoisotopic (exact) mass is 469 g/mol. The maximum atomic E-state index is 13.2. The van der Waals surface area contributed by atoms with Crippen LogP contribution in [0, 0.1) is 0 Å². The summed E-state index contributed by atoms with van der Waals surface area (Å²) < 4.78 is 40.3. The van der Waals surface area contributed by atoms with Gasteiger partial charge >= 0.3 is 6.18 Å². The molecule has 2 aromatic carbocycles. The lowest BCUT2D eigenvalue weighted by Crippen LogP contribution is -2.50. The Bertz CT molecular complexity index is 897. The van der Waals surface area contributed by atoms with Gasteiger partial charge in [0.15, 0.2) is 0 Å². The van der Waals surface area contributed by atoms with Crippen molar-refractivity contribution in [3.05, 3.63) is 64.1 Å². The van der Waals surface area contributed by atoms with E-state index in [4.69, 9.17) is 0 Å².